The summed E-state index contributed by atoms with van der Waals surface area (Å²) in [6.45, 7) is 8.96. The highest BCUT2D eigenvalue weighted by molar-refractivity contribution is 6.10. The molecule has 1 fully saturated rings. The Kier molecular flexibility index (Phi) is 6.31. The van der Waals surface area contributed by atoms with E-state index in [9.17, 15) is 9.59 Å². The van der Waals surface area contributed by atoms with Crippen molar-refractivity contribution in [1.82, 2.24) is 24.0 Å². The number of anilines is 1. The second-order valence-electron chi connectivity index (χ2n) is 8.77. The molecule has 10 nitrogen and oxygen atoms in total. The Morgan fingerprint density at radius 2 is 1.97 bits per heavy atom. The molecular formula is C25H29N7O3. The first-order valence-electron chi connectivity index (χ1n) is 11.9. The van der Waals surface area contributed by atoms with Crippen LogP contribution < -0.4 is 10.5 Å². The molecule has 2 aliphatic heterocycles. The van der Waals surface area contributed by atoms with Gasteiger partial charge in [-0.25, -0.2) is 9.97 Å². The quantitative estimate of drug-likeness (QED) is 0.546. The van der Waals surface area contributed by atoms with Crippen molar-refractivity contribution in [2.45, 2.75) is 26.9 Å². The molecule has 1 N–H and O–H groups in total. The summed E-state index contributed by atoms with van der Waals surface area (Å²) in [6.07, 6.45) is 5.08. The largest absolute Gasteiger partial charge is 0.379 e. The number of hydrogen-bond acceptors (Lipinski definition) is 7. The Labute approximate surface area is 203 Å². The van der Waals surface area contributed by atoms with E-state index in [4.69, 9.17) is 10.1 Å². The van der Waals surface area contributed by atoms with Gasteiger partial charge in [-0.2, -0.15) is 0 Å². The van der Waals surface area contributed by atoms with Crippen molar-refractivity contribution in [3.8, 4) is 11.3 Å². The van der Waals surface area contributed by atoms with E-state index in [1.807, 2.05) is 29.7 Å². The number of amides is 1. The van der Waals surface area contributed by atoms with Gasteiger partial charge >= 0.3 is 0 Å². The fraction of sp³-hybridized carbons (Fsp3) is 0.400. The number of nitrogens with zero attached hydrogens (tertiary/aromatic N) is 6. The van der Waals surface area contributed by atoms with Crippen molar-refractivity contribution >= 4 is 28.5 Å². The Morgan fingerprint density at radius 3 is 2.71 bits per heavy atom. The summed E-state index contributed by atoms with van der Waals surface area (Å²) in [5.41, 5.74) is 2.77. The van der Waals surface area contributed by atoms with Crippen molar-refractivity contribution < 1.29 is 9.53 Å². The standard InChI is InChI=1S/C25H29N7O3/c1-3-4-20(26)22-23(32-10-9-31(17(2)33)25(32)28-22)18-5-6-21-19(15-18)24(34)30(16-27-21)8-7-29-11-13-35-14-12-29/h3-6,15-16,26H,7-14H2,1-2H3/b4-3-,26-20?. The molecule has 1 amide bonds. The van der Waals surface area contributed by atoms with Crippen LogP contribution in [0.5, 0.6) is 0 Å². The van der Waals surface area contributed by atoms with Gasteiger partial charge in [0.25, 0.3) is 5.56 Å². The third kappa shape index (κ3) is 4.30. The number of rotatable bonds is 6. The summed E-state index contributed by atoms with van der Waals surface area (Å²) in [7, 11) is 0. The van der Waals surface area contributed by atoms with E-state index in [1.54, 1.807) is 27.9 Å². The molecule has 182 valence electrons. The molecule has 2 aliphatic rings. The van der Waals surface area contributed by atoms with Crippen LogP contribution in [0.2, 0.25) is 0 Å². The van der Waals surface area contributed by atoms with Crippen molar-refractivity contribution in [3.63, 3.8) is 0 Å². The normalized spacial score (nSPS) is 16.3. The van der Waals surface area contributed by atoms with Crippen LogP contribution in [0.1, 0.15) is 19.5 Å². The SMILES string of the molecule is C/C=C\C(=N)c1nc2n(c1-c1ccc3ncn(CCN4CCOCC4)c(=O)c3c1)CCN2C(C)=O. The molecule has 2 aromatic heterocycles. The Bertz CT molecular complexity index is 1380. The minimum atomic E-state index is -0.0956. The number of fused-ring (bicyclic) bond motifs is 2. The van der Waals surface area contributed by atoms with E-state index in [-0.39, 0.29) is 17.2 Å². The van der Waals surface area contributed by atoms with Gasteiger partial charge in [0.2, 0.25) is 11.9 Å². The number of ether oxygens (including phenoxy) is 1. The van der Waals surface area contributed by atoms with E-state index in [0.29, 0.717) is 42.2 Å². The van der Waals surface area contributed by atoms with E-state index in [1.165, 1.54) is 6.92 Å². The highest BCUT2D eigenvalue weighted by Crippen LogP contribution is 2.34. The summed E-state index contributed by atoms with van der Waals surface area (Å²) >= 11 is 0. The van der Waals surface area contributed by atoms with Crippen LogP contribution in [0.25, 0.3) is 22.2 Å². The number of carbonyl (C=O) groups is 1. The maximum Gasteiger partial charge on any atom is 0.261 e. The maximum atomic E-state index is 13.4. The molecule has 1 aromatic carbocycles. The molecule has 10 heteroatoms. The summed E-state index contributed by atoms with van der Waals surface area (Å²) in [5, 5.41) is 9.06. The van der Waals surface area contributed by atoms with Gasteiger partial charge in [0, 0.05) is 51.8 Å². The molecule has 0 spiro atoms. The predicted octanol–water partition coefficient (Wildman–Crippen LogP) is 1.90. The molecular weight excluding hydrogens is 446 g/mol. The van der Waals surface area contributed by atoms with Gasteiger partial charge in [-0.3, -0.25) is 29.4 Å². The van der Waals surface area contributed by atoms with Crippen molar-refractivity contribution in [2.24, 2.45) is 0 Å². The lowest BCUT2D eigenvalue weighted by Gasteiger charge is -2.26. The highest BCUT2D eigenvalue weighted by atomic mass is 16.5. The van der Waals surface area contributed by atoms with Crippen LogP contribution in [0.3, 0.4) is 0 Å². The van der Waals surface area contributed by atoms with Crippen LogP contribution in [0, 0.1) is 5.41 Å². The average molecular weight is 476 g/mol. The first kappa shape index (κ1) is 23.1. The van der Waals surface area contributed by atoms with Gasteiger partial charge in [-0.05, 0) is 25.1 Å². The molecule has 5 rings (SSSR count). The van der Waals surface area contributed by atoms with Crippen LogP contribution >= 0.6 is 0 Å². The number of morpholine rings is 1. The number of imidazole rings is 1. The smallest absolute Gasteiger partial charge is 0.261 e. The van der Waals surface area contributed by atoms with Crippen molar-refractivity contribution in [1.29, 1.82) is 5.41 Å². The van der Waals surface area contributed by atoms with Gasteiger partial charge in [-0.1, -0.05) is 12.1 Å². The molecule has 3 aromatic rings. The van der Waals surface area contributed by atoms with E-state index in [2.05, 4.69) is 14.9 Å². The zero-order valence-electron chi connectivity index (χ0n) is 20.0. The number of allylic oxidation sites excluding steroid dienone is 2. The highest BCUT2D eigenvalue weighted by Gasteiger charge is 2.30. The summed E-state index contributed by atoms with van der Waals surface area (Å²) in [4.78, 5) is 38.6. The Balaban J connectivity index is 1.56. The minimum Gasteiger partial charge on any atom is -0.379 e. The van der Waals surface area contributed by atoms with E-state index < -0.39 is 0 Å². The monoisotopic (exact) mass is 475 g/mol. The average Bonchev–Trinajstić information content (AvgIpc) is 3.44. The van der Waals surface area contributed by atoms with Gasteiger partial charge in [0.15, 0.2) is 0 Å². The zero-order valence-corrected chi connectivity index (χ0v) is 20.0. The third-order valence-electron chi connectivity index (χ3n) is 6.56. The first-order chi connectivity index (χ1) is 17.0. The predicted molar refractivity (Wildman–Crippen MR) is 134 cm³/mol. The lowest BCUT2D eigenvalue weighted by molar-refractivity contribution is -0.116. The maximum absolute atomic E-state index is 13.4. The van der Waals surface area contributed by atoms with Crippen LogP contribution in [0.15, 0.2) is 41.5 Å². The van der Waals surface area contributed by atoms with Crippen LogP contribution in [-0.2, 0) is 22.6 Å². The molecule has 0 atom stereocenters. The molecule has 0 radical (unpaired) electrons. The van der Waals surface area contributed by atoms with Gasteiger partial charge in [-0.15, -0.1) is 0 Å². The number of benzene rings is 1. The first-order valence-corrected chi connectivity index (χ1v) is 11.9. The van der Waals surface area contributed by atoms with E-state index >= 15 is 0 Å². The fourth-order valence-corrected chi connectivity index (χ4v) is 4.72. The second-order valence-corrected chi connectivity index (χ2v) is 8.77. The molecule has 4 heterocycles. The van der Waals surface area contributed by atoms with Crippen molar-refractivity contribution in [2.75, 3.05) is 44.3 Å². The fourth-order valence-electron chi connectivity index (χ4n) is 4.72. The lowest BCUT2D eigenvalue weighted by atomic mass is 10.0. The third-order valence-corrected chi connectivity index (χ3v) is 6.56. The number of aromatic nitrogens is 4. The Hall–Kier alpha value is -3.63. The van der Waals surface area contributed by atoms with Crippen LogP contribution in [0.4, 0.5) is 5.95 Å². The molecule has 0 unspecified atom stereocenters. The molecule has 1 saturated heterocycles. The topological polar surface area (TPSA) is 109 Å². The minimum absolute atomic E-state index is 0.0877. The lowest BCUT2D eigenvalue weighted by Crippen LogP contribution is -2.39. The second kappa shape index (κ2) is 9.55. The molecule has 0 bridgehead atoms. The molecule has 0 aliphatic carbocycles. The summed E-state index contributed by atoms with van der Waals surface area (Å²) < 4.78 is 9.02. The zero-order chi connectivity index (χ0) is 24.5. The van der Waals surface area contributed by atoms with Crippen molar-refractivity contribution in [3.05, 3.63) is 52.7 Å². The summed E-state index contributed by atoms with van der Waals surface area (Å²) in [5.74, 6) is 0.446. The van der Waals surface area contributed by atoms with E-state index in [0.717, 1.165) is 44.1 Å². The Morgan fingerprint density at radius 1 is 1.17 bits per heavy atom. The van der Waals surface area contributed by atoms with Gasteiger partial charge < -0.3 is 9.30 Å². The number of carbonyl (C=O) groups excluding carboxylic acids is 1. The van der Waals surface area contributed by atoms with Gasteiger partial charge in [0.05, 0.1) is 41.8 Å². The van der Waals surface area contributed by atoms with Gasteiger partial charge in [0.1, 0.15) is 5.69 Å². The molecule has 35 heavy (non-hydrogen) atoms. The number of nitrogens with one attached hydrogen (secondary N) is 1. The number of hydrogen-bond donors (Lipinski definition) is 1. The summed E-state index contributed by atoms with van der Waals surface area (Å²) in [6, 6.07) is 5.57. The van der Waals surface area contributed by atoms with Crippen LogP contribution in [-0.4, -0.2) is 75.0 Å². The molecule has 0 saturated carbocycles.